The van der Waals surface area contributed by atoms with Crippen LogP contribution in [0.1, 0.15) is 86.1 Å². The van der Waals surface area contributed by atoms with Crippen molar-refractivity contribution in [2.75, 3.05) is 0 Å². The second kappa shape index (κ2) is 7.09. The van der Waals surface area contributed by atoms with Crippen molar-refractivity contribution in [1.29, 1.82) is 0 Å². The highest BCUT2D eigenvalue weighted by atomic mass is 14.3. The van der Waals surface area contributed by atoms with Gasteiger partial charge in [0.05, 0.1) is 0 Å². The van der Waals surface area contributed by atoms with E-state index < -0.39 is 0 Å². The molecule has 3 aliphatic rings. The molecule has 3 aromatic rings. The van der Waals surface area contributed by atoms with Crippen molar-refractivity contribution in [2.45, 2.75) is 84.5 Å². The van der Waals surface area contributed by atoms with Gasteiger partial charge in [0.1, 0.15) is 0 Å². The second-order valence-corrected chi connectivity index (χ2v) is 11.8. The topological polar surface area (TPSA) is 0 Å². The fourth-order valence-corrected chi connectivity index (χ4v) is 5.28. The molecule has 0 unspecified atom stereocenters. The lowest BCUT2D eigenvalue weighted by Gasteiger charge is -2.24. The van der Waals surface area contributed by atoms with E-state index in [0.29, 0.717) is 0 Å². The molecule has 0 heteroatoms. The Morgan fingerprint density at radius 2 is 0.903 bits per heavy atom. The first kappa shape index (κ1) is 20.6. The summed E-state index contributed by atoms with van der Waals surface area (Å²) < 4.78 is 0. The molecule has 4 bridgehead atoms. The van der Waals surface area contributed by atoms with Gasteiger partial charge in [0.25, 0.3) is 0 Å². The van der Waals surface area contributed by atoms with Gasteiger partial charge in [0, 0.05) is 0 Å². The Kier molecular flexibility index (Phi) is 4.70. The van der Waals surface area contributed by atoms with Gasteiger partial charge >= 0.3 is 0 Å². The summed E-state index contributed by atoms with van der Waals surface area (Å²) in [5.74, 6) is 0. The summed E-state index contributed by atoms with van der Waals surface area (Å²) in [4.78, 5) is 0. The first-order chi connectivity index (χ1) is 14.6. The number of hydrogen-bond donors (Lipinski definition) is 0. The average molecular weight is 409 g/mol. The van der Waals surface area contributed by atoms with E-state index in [4.69, 9.17) is 0 Å². The maximum atomic E-state index is 2.52. The summed E-state index contributed by atoms with van der Waals surface area (Å²) in [5.41, 5.74) is 15.5. The van der Waals surface area contributed by atoms with Crippen LogP contribution in [0, 0.1) is 0 Å². The van der Waals surface area contributed by atoms with Crippen molar-refractivity contribution in [3.63, 3.8) is 0 Å². The Morgan fingerprint density at radius 3 is 1.26 bits per heavy atom. The van der Waals surface area contributed by atoms with Crippen molar-refractivity contribution < 1.29 is 0 Å². The van der Waals surface area contributed by atoms with Gasteiger partial charge in [-0.25, -0.2) is 0 Å². The van der Waals surface area contributed by atoms with E-state index in [9.17, 15) is 0 Å². The minimum Gasteiger partial charge on any atom is -0.0588 e. The molecule has 0 aliphatic heterocycles. The van der Waals surface area contributed by atoms with Crippen LogP contribution >= 0.6 is 0 Å². The zero-order chi connectivity index (χ0) is 22.0. The molecule has 0 saturated carbocycles. The average Bonchev–Trinajstić information content (AvgIpc) is 3.09. The van der Waals surface area contributed by atoms with Gasteiger partial charge in [-0.15, -0.1) is 0 Å². The van der Waals surface area contributed by atoms with Crippen LogP contribution in [-0.2, 0) is 42.9 Å². The van der Waals surface area contributed by atoms with Crippen LogP contribution in [0.15, 0.2) is 48.5 Å². The van der Waals surface area contributed by atoms with Gasteiger partial charge in [-0.1, -0.05) is 90.1 Å². The lowest BCUT2D eigenvalue weighted by atomic mass is 9.81. The van der Waals surface area contributed by atoms with E-state index >= 15 is 0 Å². The van der Waals surface area contributed by atoms with Crippen molar-refractivity contribution in [1.82, 2.24) is 0 Å². The number of benzene rings is 3. The summed E-state index contributed by atoms with van der Waals surface area (Å²) in [7, 11) is 0. The van der Waals surface area contributed by atoms with Crippen LogP contribution in [0.4, 0.5) is 0 Å². The molecule has 0 amide bonds. The standard InChI is InChI=1S/C31H36/c1-30(2,3)24-15-22-13-11-20-7-9-21(10-8-20)12-14-23-16-25(31(4,5)6)18-29-27(23)19-26(22)28(29)17-24/h7-10,15-18H,11-14,19H2,1-6H3. The maximum Gasteiger partial charge on any atom is -0.000797 e. The third-order valence-corrected chi connectivity index (χ3v) is 7.45. The first-order valence-electron chi connectivity index (χ1n) is 12.0. The van der Waals surface area contributed by atoms with Gasteiger partial charge in [-0.3, -0.25) is 0 Å². The second-order valence-electron chi connectivity index (χ2n) is 11.8. The molecular weight excluding hydrogens is 372 g/mol. The SMILES string of the molecule is CC(C)(C)c1cc2c3c(c1)-c1cc(C(C)(C)C)cc(c1C3)CCc1ccc(cc1)CC2. The number of fused-ring (bicyclic) bond motifs is 5. The third kappa shape index (κ3) is 3.75. The van der Waals surface area contributed by atoms with Gasteiger partial charge in [-0.2, -0.15) is 0 Å². The first-order valence-corrected chi connectivity index (χ1v) is 12.0. The lowest BCUT2D eigenvalue weighted by Crippen LogP contribution is -2.13. The molecule has 0 saturated heterocycles. The molecule has 0 heterocycles. The maximum absolute atomic E-state index is 2.52. The largest absolute Gasteiger partial charge is 0.0588 e. The van der Waals surface area contributed by atoms with Gasteiger partial charge < -0.3 is 0 Å². The minimum absolute atomic E-state index is 0.157. The molecule has 160 valence electrons. The molecule has 31 heavy (non-hydrogen) atoms. The summed E-state index contributed by atoms with van der Waals surface area (Å²) >= 11 is 0. The number of rotatable bonds is 0. The van der Waals surface area contributed by atoms with Crippen LogP contribution in [0.5, 0.6) is 0 Å². The third-order valence-electron chi connectivity index (χ3n) is 7.45. The zero-order valence-electron chi connectivity index (χ0n) is 20.2. The van der Waals surface area contributed by atoms with Crippen molar-refractivity contribution in [2.24, 2.45) is 0 Å². The van der Waals surface area contributed by atoms with Crippen molar-refractivity contribution in [3.05, 3.63) is 93.0 Å². The monoisotopic (exact) mass is 408 g/mol. The highest BCUT2D eigenvalue weighted by Gasteiger charge is 2.29. The van der Waals surface area contributed by atoms with Gasteiger partial charge in [0.15, 0.2) is 0 Å². The van der Waals surface area contributed by atoms with E-state index in [1.807, 2.05) is 0 Å². The molecular formula is C31H36. The van der Waals surface area contributed by atoms with E-state index in [0.717, 1.165) is 32.1 Å². The Bertz CT molecular complexity index is 1050. The molecule has 6 rings (SSSR count). The van der Waals surface area contributed by atoms with Crippen LogP contribution in [0.25, 0.3) is 11.1 Å². The molecule has 0 fully saturated rings. The van der Waals surface area contributed by atoms with Crippen LogP contribution in [-0.4, -0.2) is 0 Å². The molecule has 0 N–H and O–H groups in total. The molecule has 3 aliphatic carbocycles. The van der Waals surface area contributed by atoms with E-state index in [2.05, 4.69) is 90.1 Å². The van der Waals surface area contributed by atoms with E-state index in [1.54, 1.807) is 22.3 Å². The van der Waals surface area contributed by atoms with Crippen LogP contribution in [0.3, 0.4) is 0 Å². The fraction of sp³-hybridized carbons (Fsp3) is 0.419. The molecule has 0 nitrogen and oxygen atoms in total. The van der Waals surface area contributed by atoms with Crippen LogP contribution < -0.4 is 0 Å². The summed E-state index contributed by atoms with van der Waals surface area (Å²) in [6, 6.07) is 19.5. The predicted octanol–water partition coefficient (Wildman–Crippen LogP) is 7.74. The summed E-state index contributed by atoms with van der Waals surface area (Å²) in [6.07, 6.45) is 5.60. The van der Waals surface area contributed by atoms with Crippen molar-refractivity contribution in [3.8, 4) is 11.1 Å². The number of aryl methyl sites for hydroxylation is 4. The Labute approximate surface area is 188 Å². The summed E-state index contributed by atoms with van der Waals surface area (Å²) in [5, 5.41) is 0. The zero-order valence-corrected chi connectivity index (χ0v) is 20.2. The smallest absolute Gasteiger partial charge is 0.000797 e. The van der Waals surface area contributed by atoms with Crippen LogP contribution in [0.2, 0.25) is 0 Å². The Morgan fingerprint density at radius 1 is 0.516 bits per heavy atom. The Hall–Kier alpha value is -2.34. The lowest BCUT2D eigenvalue weighted by molar-refractivity contribution is 0.588. The highest BCUT2D eigenvalue weighted by Crippen LogP contribution is 2.45. The fourth-order valence-electron chi connectivity index (χ4n) is 5.28. The molecule has 0 aromatic heterocycles. The minimum atomic E-state index is 0.157. The number of hydrogen-bond acceptors (Lipinski definition) is 0. The van der Waals surface area contributed by atoms with E-state index in [1.165, 1.54) is 33.4 Å². The Balaban J connectivity index is 1.78. The summed E-state index contributed by atoms with van der Waals surface area (Å²) in [6.45, 7) is 14.1. The molecule has 0 radical (unpaired) electrons. The van der Waals surface area contributed by atoms with E-state index in [-0.39, 0.29) is 10.8 Å². The molecule has 0 atom stereocenters. The molecule has 0 spiro atoms. The normalized spacial score (nSPS) is 15.4. The van der Waals surface area contributed by atoms with Crippen molar-refractivity contribution >= 4 is 0 Å². The quantitative estimate of drug-likeness (QED) is 0.279. The van der Waals surface area contributed by atoms with Gasteiger partial charge in [-0.05, 0) is 98.6 Å². The highest BCUT2D eigenvalue weighted by molar-refractivity contribution is 5.81. The van der Waals surface area contributed by atoms with Gasteiger partial charge in [0.2, 0.25) is 0 Å². The molecule has 3 aromatic carbocycles. The predicted molar refractivity (Wildman–Crippen MR) is 133 cm³/mol.